The minimum Gasteiger partial charge on any atom is -0.494 e. The number of fused-ring (bicyclic) bond motifs is 2. The van der Waals surface area contributed by atoms with Crippen LogP contribution in [-0.4, -0.2) is 132 Å². The van der Waals surface area contributed by atoms with E-state index < -0.39 is 33.8 Å². The molecule has 72 heavy (non-hydrogen) atoms. The lowest BCUT2D eigenvalue weighted by Crippen LogP contribution is -2.53. The number of hydrogen-bond donors (Lipinski definition) is 5. The summed E-state index contributed by atoms with van der Waals surface area (Å²) in [6, 6.07) is 9.41. The van der Waals surface area contributed by atoms with Gasteiger partial charge in [0.2, 0.25) is 23.7 Å². The third kappa shape index (κ3) is 10.8. The lowest BCUT2D eigenvalue weighted by atomic mass is 9.95. The van der Waals surface area contributed by atoms with Gasteiger partial charge in [0.25, 0.3) is 22.0 Å². The van der Waals surface area contributed by atoms with Crippen molar-refractivity contribution >= 4 is 67.8 Å². The van der Waals surface area contributed by atoms with E-state index in [1.165, 1.54) is 31.4 Å². The SMILES string of the molecule is CCn1nc(C)cc1C(=O)Nc1nc2cc(C(N)=O)cc(OC)c2n1C/C=C/Cn1c(NC(=O)c2cc(C)nn2CC)nc2cc(C(N)=O)cc(OCC#CCC3CCN(S(=O)(=O)N4CCNCC4)CC3)c21. The van der Waals surface area contributed by atoms with Gasteiger partial charge in [0.1, 0.15) is 40.5 Å². The topological polar surface area (TPSA) is 287 Å². The number of piperidine rings is 1. The predicted molar refractivity (Wildman–Crippen MR) is 269 cm³/mol. The lowest BCUT2D eigenvalue weighted by Gasteiger charge is -2.36. The van der Waals surface area contributed by atoms with Gasteiger partial charge in [-0.25, -0.2) is 9.97 Å². The molecule has 380 valence electrons. The summed E-state index contributed by atoms with van der Waals surface area (Å²) < 4.78 is 48.1. The van der Waals surface area contributed by atoms with Crippen molar-refractivity contribution in [2.75, 3.05) is 63.6 Å². The summed E-state index contributed by atoms with van der Waals surface area (Å²) >= 11 is 0. The second kappa shape index (κ2) is 21.8. The number of benzene rings is 2. The van der Waals surface area contributed by atoms with Gasteiger partial charge in [-0.2, -0.15) is 27.2 Å². The van der Waals surface area contributed by atoms with Gasteiger partial charge >= 0.3 is 0 Å². The molecule has 0 aliphatic carbocycles. The smallest absolute Gasteiger partial charge is 0.282 e. The van der Waals surface area contributed by atoms with Gasteiger partial charge in [-0.3, -0.25) is 39.2 Å². The van der Waals surface area contributed by atoms with Crippen molar-refractivity contribution in [2.45, 2.75) is 73.1 Å². The molecule has 0 atom stereocenters. The van der Waals surface area contributed by atoms with Gasteiger partial charge in [0.05, 0.1) is 29.5 Å². The Bertz CT molecular complexity index is 3250. The molecule has 7 N–H and O–H groups in total. The summed E-state index contributed by atoms with van der Waals surface area (Å²) in [5.74, 6) is 4.98. The number of anilines is 2. The largest absolute Gasteiger partial charge is 0.494 e. The monoisotopic (exact) mass is 1010 g/mol. The second-order valence-corrected chi connectivity index (χ2v) is 19.3. The average molecular weight is 1010 g/mol. The van der Waals surface area contributed by atoms with Crippen molar-refractivity contribution in [1.29, 1.82) is 0 Å². The first-order valence-corrected chi connectivity index (χ1v) is 25.1. The van der Waals surface area contributed by atoms with Crippen molar-refractivity contribution in [3.8, 4) is 23.3 Å². The number of carbonyl (C=O) groups is 4. The maximum Gasteiger partial charge on any atom is 0.282 e. The number of piperazine rings is 1. The van der Waals surface area contributed by atoms with Crippen molar-refractivity contribution < 1.29 is 37.1 Å². The zero-order valence-electron chi connectivity index (χ0n) is 40.9. The van der Waals surface area contributed by atoms with Crippen LogP contribution in [0.3, 0.4) is 0 Å². The number of nitrogens with zero attached hydrogens (tertiary/aromatic N) is 10. The molecule has 2 aromatic carbocycles. The highest BCUT2D eigenvalue weighted by molar-refractivity contribution is 7.86. The van der Waals surface area contributed by atoms with E-state index in [4.69, 9.17) is 30.9 Å². The van der Waals surface area contributed by atoms with Gasteiger partial charge in [-0.15, -0.1) is 0 Å². The van der Waals surface area contributed by atoms with Crippen molar-refractivity contribution in [3.63, 3.8) is 0 Å². The Kier molecular flexibility index (Phi) is 15.4. The summed E-state index contributed by atoms with van der Waals surface area (Å²) in [4.78, 5) is 62.1. The fraction of sp³-hybridized carbons (Fsp3) is 0.417. The molecule has 4 aromatic heterocycles. The summed E-state index contributed by atoms with van der Waals surface area (Å²) in [6.45, 7) is 11.4. The first-order valence-electron chi connectivity index (χ1n) is 23.7. The van der Waals surface area contributed by atoms with Gasteiger partial charge in [0, 0.05) is 83.0 Å². The first-order chi connectivity index (χ1) is 34.6. The lowest BCUT2D eigenvalue weighted by molar-refractivity contribution is 0.0991. The van der Waals surface area contributed by atoms with E-state index in [1.54, 1.807) is 53.1 Å². The number of carbonyl (C=O) groups excluding carboxylic acids is 4. The Balaban J connectivity index is 1.08. The molecule has 6 aromatic rings. The third-order valence-electron chi connectivity index (χ3n) is 12.6. The van der Waals surface area contributed by atoms with E-state index in [9.17, 15) is 27.6 Å². The zero-order chi connectivity index (χ0) is 51.3. The summed E-state index contributed by atoms with van der Waals surface area (Å²) in [5.41, 5.74) is 15.3. The fourth-order valence-electron chi connectivity index (χ4n) is 8.95. The number of amides is 4. The average Bonchev–Trinajstić information content (AvgIpc) is 4.14. The molecule has 0 radical (unpaired) electrons. The molecule has 8 rings (SSSR count). The van der Waals surface area contributed by atoms with Gasteiger partial charge in [-0.1, -0.05) is 24.0 Å². The molecule has 2 aliphatic heterocycles. The van der Waals surface area contributed by atoms with E-state index in [-0.39, 0.29) is 54.4 Å². The Morgan fingerprint density at radius 1 is 0.736 bits per heavy atom. The molecule has 2 aliphatic rings. The normalized spacial score (nSPS) is 15.0. The number of imidazole rings is 2. The maximum absolute atomic E-state index is 13.9. The van der Waals surface area contributed by atoms with Crippen molar-refractivity contribution in [1.82, 2.24) is 52.6 Å². The van der Waals surface area contributed by atoms with Crippen LogP contribution in [0.25, 0.3) is 22.1 Å². The number of aryl methyl sites for hydroxylation is 4. The van der Waals surface area contributed by atoms with E-state index in [2.05, 4.69) is 38.0 Å². The first kappa shape index (κ1) is 50.8. The number of nitrogens with two attached hydrogens (primary N) is 2. The van der Waals surface area contributed by atoms with E-state index in [0.717, 1.165) is 0 Å². The number of rotatable bonds is 18. The van der Waals surface area contributed by atoms with Crippen LogP contribution in [0.1, 0.15) is 86.2 Å². The molecule has 24 heteroatoms. The van der Waals surface area contributed by atoms with Crippen LogP contribution >= 0.6 is 0 Å². The zero-order valence-corrected chi connectivity index (χ0v) is 41.7. The molecule has 0 unspecified atom stereocenters. The van der Waals surface area contributed by atoms with E-state index >= 15 is 0 Å². The molecule has 0 saturated carbocycles. The number of allylic oxidation sites excluding steroid dienone is 2. The minimum atomic E-state index is -3.51. The van der Waals surface area contributed by atoms with Crippen LogP contribution in [0.2, 0.25) is 0 Å². The molecule has 4 amide bonds. The van der Waals surface area contributed by atoms with Gasteiger partial charge in [0.15, 0.2) is 0 Å². The van der Waals surface area contributed by atoms with Crippen LogP contribution in [0.5, 0.6) is 11.5 Å². The van der Waals surface area contributed by atoms with Crippen LogP contribution in [-0.2, 0) is 36.4 Å². The molecule has 2 fully saturated rings. The number of hydrogen-bond acceptors (Lipinski definition) is 13. The predicted octanol–water partition coefficient (Wildman–Crippen LogP) is 3.04. The highest BCUT2D eigenvalue weighted by Crippen LogP contribution is 2.33. The molecule has 2 saturated heterocycles. The number of primary amides is 2. The van der Waals surface area contributed by atoms with Crippen LogP contribution in [0, 0.1) is 31.6 Å². The van der Waals surface area contributed by atoms with Gasteiger partial charge < -0.3 is 35.4 Å². The third-order valence-corrected chi connectivity index (χ3v) is 14.6. The Morgan fingerprint density at radius 2 is 1.22 bits per heavy atom. The van der Waals surface area contributed by atoms with Gasteiger partial charge in [-0.05, 0) is 82.9 Å². The summed E-state index contributed by atoms with van der Waals surface area (Å²) in [5, 5.41) is 17.9. The van der Waals surface area contributed by atoms with E-state index in [0.29, 0.717) is 122 Å². The number of nitrogens with one attached hydrogen (secondary N) is 3. The molecule has 23 nitrogen and oxygen atoms in total. The standard InChI is InChI=1S/C48H59N15O8S/c1-6-62-37(24-30(3)56-62)45(66)54-47-52-35-26-33(43(49)64)28-39(70-5)41(35)60(47)17-9-10-18-61-42-36(53-48(61)55-46(67)38-25-31(4)57-63(38)7-2)27-34(44(50)65)29-40(42)71-23-11-8-12-32-13-19-58(20-14-32)72(68,69)59-21-15-51-16-22-59/h9-10,24-29,32,51H,6-7,12-23H2,1-5H3,(H2,49,64)(H2,50,65)(H,52,54,66)(H,53,55,67)/b10-9+. The molecule has 6 heterocycles. The van der Waals surface area contributed by atoms with Crippen molar-refractivity contribution in [3.05, 3.63) is 82.5 Å². The minimum absolute atomic E-state index is 0.0642. The quantitative estimate of drug-likeness (QED) is 0.0612. The molecule has 0 bridgehead atoms. The summed E-state index contributed by atoms with van der Waals surface area (Å²) in [7, 11) is -2.06. The van der Waals surface area contributed by atoms with Crippen molar-refractivity contribution in [2.24, 2.45) is 17.4 Å². The molecular formula is C48H59N15O8S. The van der Waals surface area contributed by atoms with Crippen LogP contribution in [0.4, 0.5) is 11.9 Å². The number of methoxy groups -OCH3 is 1. The Hall–Kier alpha value is -7.59. The highest BCUT2D eigenvalue weighted by Gasteiger charge is 2.33. The molecule has 0 spiro atoms. The second-order valence-electron chi connectivity index (χ2n) is 17.4. The number of aromatic nitrogens is 8. The highest BCUT2D eigenvalue weighted by atomic mass is 32.2. The maximum atomic E-state index is 13.9. The Labute approximate surface area is 416 Å². The van der Waals surface area contributed by atoms with Crippen LogP contribution in [0.15, 0.2) is 48.6 Å². The summed E-state index contributed by atoms with van der Waals surface area (Å²) in [6.07, 6.45) is 5.56. The van der Waals surface area contributed by atoms with E-state index in [1.807, 2.05) is 26.0 Å². The van der Waals surface area contributed by atoms with Crippen LogP contribution < -0.4 is 36.9 Å². The molecular weight excluding hydrogens is 947 g/mol. The number of ether oxygens (including phenoxy) is 2. The fourth-order valence-corrected chi connectivity index (χ4v) is 10.6. The Morgan fingerprint density at radius 3 is 1.71 bits per heavy atom.